The molecule has 0 saturated carbocycles. The van der Waals surface area contributed by atoms with Crippen LogP contribution in [0, 0.1) is 0 Å². The van der Waals surface area contributed by atoms with Crippen molar-refractivity contribution < 1.29 is 14.3 Å². The van der Waals surface area contributed by atoms with Crippen LogP contribution in [0.3, 0.4) is 0 Å². The third kappa shape index (κ3) is 3.73. The quantitative estimate of drug-likeness (QED) is 0.801. The molecule has 5 nitrogen and oxygen atoms in total. The lowest BCUT2D eigenvalue weighted by Gasteiger charge is -2.27. The van der Waals surface area contributed by atoms with Gasteiger partial charge in [0.15, 0.2) is 18.1 Å². The molecule has 2 aliphatic heterocycles. The van der Waals surface area contributed by atoms with Gasteiger partial charge in [-0.2, -0.15) is 0 Å². The predicted molar refractivity (Wildman–Crippen MR) is 105 cm³/mol. The number of carbonyl (C=O) groups excluding carboxylic acids is 1. The molecule has 0 bridgehead atoms. The molecule has 0 fully saturated rings. The fraction of sp³-hybridized carbons (Fsp3) is 0.545. The molecule has 3 aliphatic rings. The highest BCUT2D eigenvalue weighted by atomic mass is 16.5. The summed E-state index contributed by atoms with van der Waals surface area (Å²) in [7, 11) is 1.80. The van der Waals surface area contributed by atoms with E-state index in [2.05, 4.69) is 19.9 Å². The summed E-state index contributed by atoms with van der Waals surface area (Å²) in [6, 6.07) is 5.87. The molecular formula is C22H28N2O3. The van der Waals surface area contributed by atoms with E-state index in [0.717, 1.165) is 42.8 Å². The predicted octanol–water partition coefficient (Wildman–Crippen LogP) is 4.26. The summed E-state index contributed by atoms with van der Waals surface area (Å²) in [6.07, 6.45) is 7.39. The number of amidine groups is 1. The number of aliphatic imine (C=N–C) groups is 1. The van der Waals surface area contributed by atoms with E-state index >= 15 is 0 Å². The van der Waals surface area contributed by atoms with Gasteiger partial charge in [-0.1, -0.05) is 12.1 Å². The molecule has 144 valence electrons. The molecule has 0 N–H and O–H groups in total. The molecule has 5 heteroatoms. The molecule has 1 aliphatic carbocycles. The standard InChI is InChI=1S/C22H28N2O3/c1-22(2)13-16-8-6-10-18(21(16)27-22)26-14-20(25)24(3)19-12-11-15-7-4-5-9-17(15)23-19/h6,8,10H,4-5,7,9,11-14H2,1-3H3. The fourth-order valence-electron chi connectivity index (χ4n) is 4.15. The number of amides is 1. The second-order valence-electron chi connectivity index (χ2n) is 8.31. The number of para-hydroxylation sites is 1. The average Bonchev–Trinajstić information content (AvgIpc) is 2.99. The third-order valence-corrected chi connectivity index (χ3v) is 5.63. The molecule has 27 heavy (non-hydrogen) atoms. The molecule has 0 atom stereocenters. The maximum Gasteiger partial charge on any atom is 0.265 e. The van der Waals surface area contributed by atoms with Crippen LogP contribution in [0.15, 0.2) is 34.5 Å². The normalized spacial score (nSPS) is 20.3. The Morgan fingerprint density at radius 3 is 2.89 bits per heavy atom. The van der Waals surface area contributed by atoms with Gasteiger partial charge in [0.05, 0.1) is 0 Å². The Labute approximate surface area is 161 Å². The number of carbonyl (C=O) groups is 1. The first kappa shape index (κ1) is 18.1. The molecule has 1 amide bonds. The Balaban J connectivity index is 1.42. The Hall–Kier alpha value is -2.30. The monoisotopic (exact) mass is 368 g/mol. The Bertz CT molecular complexity index is 823. The molecule has 2 heterocycles. The molecule has 0 saturated heterocycles. The van der Waals surface area contributed by atoms with Crippen molar-refractivity contribution in [3.8, 4) is 11.5 Å². The van der Waals surface area contributed by atoms with E-state index in [4.69, 9.17) is 14.5 Å². The van der Waals surface area contributed by atoms with Gasteiger partial charge in [-0.3, -0.25) is 4.79 Å². The largest absolute Gasteiger partial charge is 0.483 e. The lowest BCUT2D eigenvalue weighted by Crippen LogP contribution is -2.37. The second kappa shape index (κ2) is 7.02. The third-order valence-electron chi connectivity index (χ3n) is 5.63. The van der Waals surface area contributed by atoms with Crippen LogP contribution in [0.25, 0.3) is 0 Å². The van der Waals surface area contributed by atoms with E-state index in [9.17, 15) is 4.79 Å². The van der Waals surface area contributed by atoms with Crippen molar-refractivity contribution in [3.05, 3.63) is 35.0 Å². The second-order valence-corrected chi connectivity index (χ2v) is 8.31. The van der Waals surface area contributed by atoms with Crippen molar-refractivity contribution in [3.63, 3.8) is 0 Å². The van der Waals surface area contributed by atoms with Gasteiger partial charge in [0, 0.05) is 31.1 Å². The lowest BCUT2D eigenvalue weighted by molar-refractivity contribution is -0.128. The first-order valence-electron chi connectivity index (χ1n) is 9.92. The van der Waals surface area contributed by atoms with Gasteiger partial charge in [0.1, 0.15) is 11.4 Å². The van der Waals surface area contributed by atoms with Gasteiger partial charge in [-0.05, 0) is 57.6 Å². The summed E-state index contributed by atoms with van der Waals surface area (Å²) < 4.78 is 11.9. The number of likely N-dealkylation sites (N-methyl/N-ethyl adjacent to an activating group) is 1. The Kier molecular flexibility index (Phi) is 4.70. The van der Waals surface area contributed by atoms with E-state index in [0.29, 0.717) is 5.75 Å². The summed E-state index contributed by atoms with van der Waals surface area (Å²) in [6.45, 7) is 4.11. The number of rotatable bonds is 3. The minimum Gasteiger partial charge on any atom is -0.483 e. The minimum absolute atomic E-state index is 0.0122. The summed E-state index contributed by atoms with van der Waals surface area (Å²) in [4.78, 5) is 19.1. The number of benzene rings is 1. The van der Waals surface area contributed by atoms with Crippen molar-refractivity contribution in [2.45, 2.75) is 64.4 Å². The number of hydrogen-bond donors (Lipinski definition) is 0. The van der Waals surface area contributed by atoms with Crippen LogP contribution in [0.1, 0.15) is 57.9 Å². The van der Waals surface area contributed by atoms with Crippen LogP contribution in [0.4, 0.5) is 0 Å². The molecule has 1 aromatic rings. The van der Waals surface area contributed by atoms with E-state index in [1.54, 1.807) is 11.9 Å². The zero-order valence-electron chi connectivity index (χ0n) is 16.5. The van der Waals surface area contributed by atoms with Crippen LogP contribution in [-0.4, -0.2) is 35.9 Å². The number of fused-ring (bicyclic) bond motifs is 1. The lowest BCUT2D eigenvalue weighted by atomic mass is 9.91. The molecular weight excluding hydrogens is 340 g/mol. The van der Waals surface area contributed by atoms with E-state index in [-0.39, 0.29) is 18.1 Å². The van der Waals surface area contributed by atoms with Crippen LogP contribution in [-0.2, 0) is 11.2 Å². The van der Waals surface area contributed by atoms with Gasteiger partial charge >= 0.3 is 0 Å². The highest BCUT2D eigenvalue weighted by Crippen LogP contribution is 2.41. The number of hydrogen-bond acceptors (Lipinski definition) is 4. The van der Waals surface area contributed by atoms with E-state index in [1.807, 2.05) is 12.1 Å². The highest BCUT2D eigenvalue weighted by molar-refractivity contribution is 5.99. The first-order valence-corrected chi connectivity index (χ1v) is 9.92. The van der Waals surface area contributed by atoms with Crippen molar-refractivity contribution in [1.82, 2.24) is 4.90 Å². The Morgan fingerprint density at radius 1 is 1.22 bits per heavy atom. The molecule has 0 radical (unpaired) electrons. The summed E-state index contributed by atoms with van der Waals surface area (Å²) in [5.41, 5.74) is 3.60. The molecule has 1 aromatic carbocycles. The molecule has 4 rings (SSSR count). The highest BCUT2D eigenvalue weighted by Gasteiger charge is 2.32. The maximum absolute atomic E-state index is 12.7. The number of ether oxygens (including phenoxy) is 2. The van der Waals surface area contributed by atoms with Gasteiger partial charge in [0.25, 0.3) is 5.91 Å². The van der Waals surface area contributed by atoms with Gasteiger partial charge in [-0.15, -0.1) is 0 Å². The summed E-state index contributed by atoms with van der Waals surface area (Å²) in [5, 5.41) is 0. The van der Waals surface area contributed by atoms with Crippen molar-refractivity contribution in [1.29, 1.82) is 0 Å². The van der Waals surface area contributed by atoms with Crippen LogP contribution in [0.2, 0.25) is 0 Å². The van der Waals surface area contributed by atoms with E-state index < -0.39 is 0 Å². The summed E-state index contributed by atoms with van der Waals surface area (Å²) in [5.74, 6) is 2.19. The SMILES string of the molecule is CN(C(=O)COc1cccc2c1OC(C)(C)C2)C1=NC2=C(CCCC2)CC1. The van der Waals surface area contributed by atoms with Gasteiger partial charge in [0.2, 0.25) is 0 Å². The van der Waals surface area contributed by atoms with Crippen molar-refractivity contribution >= 4 is 11.7 Å². The molecule has 0 unspecified atom stereocenters. The topological polar surface area (TPSA) is 51.1 Å². The molecule has 0 spiro atoms. The van der Waals surface area contributed by atoms with Crippen LogP contribution >= 0.6 is 0 Å². The van der Waals surface area contributed by atoms with Crippen LogP contribution < -0.4 is 9.47 Å². The maximum atomic E-state index is 12.7. The van der Waals surface area contributed by atoms with Crippen molar-refractivity contribution in [2.75, 3.05) is 13.7 Å². The zero-order valence-corrected chi connectivity index (χ0v) is 16.5. The van der Waals surface area contributed by atoms with Crippen molar-refractivity contribution in [2.24, 2.45) is 4.99 Å². The Morgan fingerprint density at radius 2 is 2.04 bits per heavy atom. The zero-order chi connectivity index (χ0) is 19.0. The van der Waals surface area contributed by atoms with Gasteiger partial charge < -0.3 is 14.4 Å². The van der Waals surface area contributed by atoms with E-state index in [1.165, 1.54) is 30.5 Å². The summed E-state index contributed by atoms with van der Waals surface area (Å²) >= 11 is 0. The first-order chi connectivity index (χ1) is 12.9. The smallest absolute Gasteiger partial charge is 0.265 e. The molecule has 0 aromatic heterocycles. The fourth-order valence-corrected chi connectivity index (χ4v) is 4.15. The van der Waals surface area contributed by atoms with Crippen LogP contribution in [0.5, 0.6) is 11.5 Å². The number of allylic oxidation sites excluding steroid dienone is 2. The van der Waals surface area contributed by atoms with Gasteiger partial charge in [-0.25, -0.2) is 4.99 Å². The number of nitrogens with zero attached hydrogens (tertiary/aromatic N) is 2. The average molecular weight is 368 g/mol. The minimum atomic E-state index is -0.231.